The first kappa shape index (κ1) is 21.3. The molecule has 7 heteroatoms. The molecule has 1 saturated heterocycles. The quantitative estimate of drug-likeness (QED) is 0.702. The Kier molecular flexibility index (Phi) is 6.79. The zero-order valence-corrected chi connectivity index (χ0v) is 17.6. The van der Waals surface area contributed by atoms with Crippen LogP contribution in [0.5, 0.6) is 5.75 Å². The number of hydrogen-bond donors (Lipinski definition) is 0. The first-order chi connectivity index (χ1) is 15.1. The number of halogens is 1. The van der Waals surface area contributed by atoms with Gasteiger partial charge in [0.05, 0.1) is 18.4 Å². The summed E-state index contributed by atoms with van der Waals surface area (Å²) in [5.74, 6) is -0.186. The zero-order chi connectivity index (χ0) is 21.6. The molecule has 2 amide bonds. The topological polar surface area (TPSA) is 62.7 Å². The van der Waals surface area contributed by atoms with Crippen molar-refractivity contribution in [3.63, 3.8) is 0 Å². The standard InChI is InChI=1S/C24H28FN3O3/c25-20-14-19(15-26-16-20)24(30)27-10-4-12-31-22-7-3-5-18(13-22)8-9-21-6-1-2-11-28(21)23(29)17-27/h3,5,7,13-16,21H,1-2,4,6,8-12,17H2. The predicted molar refractivity (Wildman–Crippen MR) is 114 cm³/mol. The third kappa shape index (κ3) is 5.40. The van der Waals surface area contributed by atoms with E-state index in [0.717, 1.165) is 56.7 Å². The van der Waals surface area contributed by atoms with E-state index < -0.39 is 5.82 Å². The SMILES string of the molecule is O=C(c1cncc(F)c1)N1CCCOc2cccc(c2)CCC2CCCCN2C(=O)C1. The van der Waals surface area contributed by atoms with Gasteiger partial charge in [0.15, 0.2) is 0 Å². The molecular formula is C24H28FN3O3. The van der Waals surface area contributed by atoms with Gasteiger partial charge in [-0.2, -0.15) is 0 Å². The lowest BCUT2D eigenvalue weighted by atomic mass is 9.95. The second-order valence-corrected chi connectivity index (χ2v) is 8.24. The van der Waals surface area contributed by atoms with Gasteiger partial charge in [-0.15, -0.1) is 0 Å². The molecule has 1 aromatic heterocycles. The fourth-order valence-corrected chi connectivity index (χ4v) is 4.42. The first-order valence-electron chi connectivity index (χ1n) is 11.0. The number of carbonyl (C=O) groups is 2. The van der Waals surface area contributed by atoms with E-state index in [9.17, 15) is 14.0 Å². The molecule has 0 saturated carbocycles. The van der Waals surface area contributed by atoms with Gasteiger partial charge in [-0.25, -0.2) is 4.39 Å². The summed E-state index contributed by atoms with van der Waals surface area (Å²) in [6, 6.07) is 9.42. The molecule has 1 atom stereocenters. The summed E-state index contributed by atoms with van der Waals surface area (Å²) in [6.45, 7) is 1.47. The van der Waals surface area contributed by atoms with Crippen LogP contribution in [0.3, 0.4) is 0 Å². The van der Waals surface area contributed by atoms with E-state index in [1.807, 2.05) is 17.0 Å². The minimum Gasteiger partial charge on any atom is -0.494 e. The molecule has 6 nitrogen and oxygen atoms in total. The molecule has 3 heterocycles. The second kappa shape index (κ2) is 9.90. The Morgan fingerprint density at radius 2 is 2.00 bits per heavy atom. The van der Waals surface area contributed by atoms with Gasteiger partial charge < -0.3 is 14.5 Å². The minimum absolute atomic E-state index is 0.0167. The van der Waals surface area contributed by atoms with Crippen molar-refractivity contribution in [2.24, 2.45) is 0 Å². The average molecular weight is 426 g/mol. The van der Waals surface area contributed by atoms with Crippen molar-refractivity contribution in [2.75, 3.05) is 26.2 Å². The lowest BCUT2D eigenvalue weighted by molar-refractivity contribution is -0.135. The van der Waals surface area contributed by atoms with Crippen LogP contribution in [-0.4, -0.2) is 58.9 Å². The Balaban J connectivity index is 1.57. The first-order valence-corrected chi connectivity index (χ1v) is 11.0. The van der Waals surface area contributed by atoms with E-state index in [-0.39, 0.29) is 30.0 Å². The maximum absolute atomic E-state index is 13.6. The maximum atomic E-state index is 13.6. The molecule has 31 heavy (non-hydrogen) atoms. The highest BCUT2D eigenvalue weighted by Gasteiger charge is 2.29. The lowest BCUT2D eigenvalue weighted by Gasteiger charge is -2.37. The van der Waals surface area contributed by atoms with Crippen molar-refractivity contribution in [1.82, 2.24) is 14.8 Å². The molecule has 2 aromatic rings. The molecule has 2 bridgehead atoms. The summed E-state index contributed by atoms with van der Waals surface area (Å²) < 4.78 is 19.5. The third-order valence-electron chi connectivity index (χ3n) is 6.02. The number of piperidine rings is 1. The molecular weight excluding hydrogens is 397 g/mol. The number of amides is 2. The van der Waals surface area contributed by atoms with Gasteiger partial charge in [0.25, 0.3) is 5.91 Å². The smallest absolute Gasteiger partial charge is 0.255 e. The summed E-state index contributed by atoms with van der Waals surface area (Å²) in [5, 5.41) is 0. The Morgan fingerprint density at radius 3 is 2.87 bits per heavy atom. The van der Waals surface area contributed by atoms with Crippen LogP contribution in [0, 0.1) is 5.82 Å². The third-order valence-corrected chi connectivity index (χ3v) is 6.02. The van der Waals surface area contributed by atoms with Crippen LogP contribution in [0.4, 0.5) is 4.39 Å². The molecule has 1 fully saturated rings. The monoisotopic (exact) mass is 425 g/mol. The average Bonchev–Trinajstić information content (AvgIpc) is 2.79. The summed E-state index contributed by atoms with van der Waals surface area (Å²) in [4.78, 5) is 33.5. The number of nitrogens with zero attached hydrogens (tertiary/aromatic N) is 3. The minimum atomic E-state index is -0.571. The highest BCUT2D eigenvalue weighted by molar-refractivity contribution is 5.96. The number of fused-ring (bicyclic) bond motifs is 3. The van der Waals surface area contributed by atoms with Crippen molar-refractivity contribution in [3.05, 3.63) is 59.7 Å². The van der Waals surface area contributed by atoms with Gasteiger partial charge in [0.2, 0.25) is 5.91 Å². The largest absolute Gasteiger partial charge is 0.494 e. The molecule has 4 rings (SSSR count). The van der Waals surface area contributed by atoms with Crippen LogP contribution < -0.4 is 4.74 Å². The van der Waals surface area contributed by atoms with Crippen molar-refractivity contribution in [2.45, 2.75) is 44.6 Å². The van der Waals surface area contributed by atoms with E-state index in [1.54, 1.807) is 0 Å². The number of hydrogen-bond acceptors (Lipinski definition) is 4. The van der Waals surface area contributed by atoms with Crippen molar-refractivity contribution in [3.8, 4) is 5.75 Å². The number of rotatable bonds is 1. The molecule has 0 N–H and O–H groups in total. The van der Waals surface area contributed by atoms with E-state index in [1.165, 1.54) is 16.7 Å². The fourth-order valence-electron chi connectivity index (χ4n) is 4.42. The number of aromatic nitrogens is 1. The molecule has 0 spiro atoms. The van der Waals surface area contributed by atoms with E-state index in [2.05, 4.69) is 17.1 Å². The molecule has 2 aliphatic heterocycles. The van der Waals surface area contributed by atoms with Crippen LogP contribution >= 0.6 is 0 Å². The van der Waals surface area contributed by atoms with Crippen LogP contribution in [0.2, 0.25) is 0 Å². The van der Waals surface area contributed by atoms with E-state index in [4.69, 9.17) is 4.74 Å². The molecule has 1 aromatic carbocycles. The van der Waals surface area contributed by atoms with Crippen molar-refractivity contribution < 1.29 is 18.7 Å². The van der Waals surface area contributed by atoms with Gasteiger partial charge in [-0.3, -0.25) is 14.6 Å². The maximum Gasteiger partial charge on any atom is 0.255 e. The zero-order valence-electron chi connectivity index (χ0n) is 17.6. The van der Waals surface area contributed by atoms with Crippen molar-refractivity contribution in [1.29, 1.82) is 0 Å². The number of pyridine rings is 1. The molecule has 164 valence electrons. The van der Waals surface area contributed by atoms with Gasteiger partial charge in [0, 0.05) is 25.3 Å². The highest BCUT2D eigenvalue weighted by Crippen LogP contribution is 2.24. The Labute approximate surface area is 182 Å². The predicted octanol–water partition coefficient (Wildman–Crippen LogP) is 3.46. The Hall–Kier alpha value is -2.96. The summed E-state index contributed by atoms with van der Waals surface area (Å²) >= 11 is 0. The Morgan fingerprint density at radius 1 is 1.10 bits per heavy atom. The molecule has 0 radical (unpaired) electrons. The Bertz CT molecular complexity index is 936. The normalized spacial score (nSPS) is 20.4. The second-order valence-electron chi connectivity index (χ2n) is 8.24. The number of carbonyl (C=O) groups excluding carboxylic acids is 2. The molecule has 2 aliphatic rings. The van der Waals surface area contributed by atoms with E-state index >= 15 is 0 Å². The number of aryl methyl sites for hydroxylation is 1. The molecule has 1 unspecified atom stereocenters. The fraction of sp³-hybridized carbons (Fsp3) is 0.458. The highest BCUT2D eigenvalue weighted by atomic mass is 19.1. The van der Waals surface area contributed by atoms with Crippen LogP contribution in [0.15, 0.2) is 42.7 Å². The summed E-state index contributed by atoms with van der Waals surface area (Å²) in [6.07, 6.45) is 7.79. The molecule has 0 aliphatic carbocycles. The van der Waals surface area contributed by atoms with E-state index in [0.29, 0.717) is 19.6 Å². The van der Waals surface area contributed by atoms with Crippen LogP contribution in [0.1, 0.15) is 48.0 Å². The lowest BCUT2D eigenvalue weighted by Crippen LogP contribution is -2.49. The van der Waals surface area contributed by atoms with Crippen molar-refractivity contribution >= 4 is 11.8 Å². The van der Waals surface area contributed by atoms with Crippen LogP contribution in [-0.2, 0) is 11.2 Å². The summed E-state index contributed by atoms with van der Waals surface area (Å²) in [7, 11) is 0. The number of benzene rings is 1. The van der Waals surface area contributed by atoms with Gasteiger partial charge in [-0.05, 0) is 62.3 Å². The van der Waals surface area contributed by atoms with Gasteiger partial charge in [-0.1, -0.05) is 12.1 Å². The van der Waals surface area contributed by atoms with Crippen LogP contribution in [0.25, 0.3) is 0 Å². The van der Waals surface area contributed by atoms with Gasteiger partial charge >= 0.3 is 0 Å². The van der Waals surface area contributed by atoms with Gasteiger partial charge in [0.1, 0.15) is 18.1 Å². The number of ether oxygens (including phenoxy) is 1. The summed E-state index contributed by atoms with van der Waals surface area (Å²) in [5.41, 5.74) is 1.36.